The van der Waals surface area contributed by atoms with Gasteiger partial charge < -0.3 is 16.0 Å². The second kappa shape index (κ2) is 5.67. The Balaban J connectivity index is 1.73. The first-order valence-corrected chi connectivity index (χ1v) is 7.63. The van der Waals surface area contributed by atoms with Crippen molar-refractivity contribution in [1.29, 1.82) is 0 Å². The van der Waals surface area contributed by atoms with Gasteiger partial charge >= 0.3 is 0 Å². The molecule has 6 nitrogen and oxygen atoms in total. The first kappa shape index (κ1) is 13.8. The highest BCUT2D eigenvalue weighted by Gasteiger charge is 2.19. The molecular weight excluding hydrogens is 320 g/mol. The number of nitrogens with two attached hydrogens (primary N) is 1. The topological polar surface area (TPSA) is 71.5 Å². The van der Waals surface area contributed by atoms with Crippen LogP contribution in [-0.2, 0) is 6.54 Å². The quantitative estimate of drug-likeness (QED) is 0.879. The van der Waals surface area contributed by atoms with Crippen LogP contribution in [0, 0.1) is 5.92 Å². The van der Waals surface area contributed by atoms with E-state index in [-0.39, 0.29) is 0 Å². The van der Waals surface area contributed by atoms with Crippen LogP contribution < -0.4 is 11.1 Å². The molecule has 1 aliphatic heterocycles. The van der Waals surface area contributed by atoms with Gasteiger partial charge in [0.25, 0.3) is 0 Å². The molecule has 2 aromatic rings. The van der Waals surface area contributed by atoms with Crippen molar-refractivity contribution < 1.29 is 0 Å². The van der Waals surface area contributed by atoms with Gasteiger partial charge in [0.05, 0.1) is 5.69 Å². The van der Waals surface area contributed by atoms with E-state index >= 15 is 0 Å². The van der Waals surface area contributed by atoms with E-state index in [9.17, 15) is 0 Å². The van der Waals surface area contributed by atoms with E-state index in [2.05, 4.69) is 43.3 Å². The van der Waals surface area contributed by atoms with Crippen LogP contribution in [0.15, 0.2) is 16.7 Å². The lowest BCUT2D eigenvalue weighted by atomic mass is 10.1. The number of aromatic nitrogens is 3. The molecule has 1 atom stereocenters. The standard InChI is InChI=1S/C13H19BrN6/c1-19-5-4-9(8-19)7-16-11-2-3-12-17-10(6-15)13(14)20(12)18-11/h2-3,9H,4-8,15H2,1H3,(H,16,18). The third-order valence-electron chi connectivity index (χ3n) is 3.74. The van der Waals surface area contributed by atoms with Crippen molar-refractivity contribution in [3.8, 4) is 0 Å². The number of halogens is 1. The fourth-order valence-electron chi connectivity index (χ4n) is 2.62. The number of nitrogens with one attached hydrogen (secondary N) is 1. The van der Waals surface area contributed by atoms with Crippen LogP contribution in [-0.4, -0.2) is 46.2 Å². The van der Waals surface area contributed by atoms with Crippen LogP contribution in [0.3, 0.4) is 0 Å². The van der Waals surface area contributed by atoms with Crippen molar-refractivity contribution in [2.24, 2.45) is 11.7 Å². The van der Waals surface area contributed by atoms with E-state index in [1.165, 1.54) is 13.0 Å². The summed E-state index contributed by atoms with van der Waals surface area (Å²) in [5, 5.41) is 7.97. The molecule has 108 valence electrons. The van der Waals surface area contributed by atoms with Gasteiger partial charge in [0, 0.05) is 19.6 Å². The Morgan fingerprint density at radius 3 is 3.05 bits per heavy atom. The lowest BCUT2D eigenvalue weighted by molar-refractivity contribution is 0.399. The van der Waals surface area contributed by atoms with Crippen LogP contribution >= 0.6 is 15.9 Å². The number of hydrogen-bond donors (Lipinski definition) is 2. The lowest BCUT2D eigenvalue weighted by Gasteiger charge is -2.12. The van der Waals surface area contributed by atoms with Crippen molar-refractivity contribution in [2.45, 2.75) is 13.0 Å². The Kier molecular flexibility index (Phi) is 3.91. The SMILES string of the molecule is CN1CCC(CNc2ccc3nc(CN)c(Br)n3n2)C1. The molecule has 0 saturated carbocycles. The van der Waals surface area contributed by atoms with Crippen molar-refractivity contribution in [2.75, 3.05) is 32.0 Å². The highest BCUT2D eigenvalue weighted by Crippen LogP contribution is 2.19. The first-order chi connectivity index (χ1) is 9.67. The number of rotatable bonds is 4. The maximum absolute atomic E-state index is 5.65. The minimum absolute atomic E-state index is 0.404. The molecule has 0 bridgehead atoms. The van der Waals surface area contributed by atoms with Gasteiger partial charge in [0.15, 0.2) is 5.65 Å². The molecule has 3 N–H and O–H groups in total. The normalized spacial score (nSPS) is 19.9. The molecule has 0 aliphatic carbocycles. The lowest BCUT2D eigenvalue weighted by Crippen LogP contribution is -2.19. The summed E-state index contributed by atoms with van der Waals surface area (Å²) in [6.45, 7) is 3.70. The van der Waals surface area contributed by atoms with Crippen LogP contribution in [0.25, 0.3) is 5.65 Å². The van der Waals surface area contributed by atoms with Gasteiger partial charge in [-0.3, -0.25) is 0 Å². The Morgan fingerprint density at radius 1 is 1.50 bits per heavy atom. The first-order valence-electron chi connectivity index (χ1n) is 6.84. The molecule has 2 aromatic heterocycles. The van der Waals surface area contributed by atoms with Gasteiger partial charge in [-0.25, -0.2) is 9.50 Å². The Bertz CT molecular complexity index is 610. The highest BCUT2D eigenvalue weighted by molar-refractivity contribution is 9.10. The minimum atomic E-state index is 0.404. The Labute approximate surface area is 126 Å². The van der Waals surface area contributed by atoms with Crippen molar-refractivity contribution in [3.63, 3.8) is 0 Å². The van der Waals surface area contributed by atoms with Gasteiger partial charge in [-0.15, -0.1) is 5.10 Å². The maximum atomic E-state index is 5.65. The molecule has 1 saturated heterocycles. The fourth-order valence-corrected chi connectivity index (χ4v) is 3.13. The largest absolute Gasteiger partial charge is 0.368 e. The molecule has 3 heterocycles. The molecule has 0 amide bonds. The number of anilines is 1. The molecule has 1 unspecified atom stereocenters. The second-order valence-corrected chi connectivity index (χ2v) is 6.09. The number of fused-ring (bicyclic) bond motifs is 1. The Hall–Kier alpha value is -1.18. The summed E-state index contributed by atoms with van der Waals surface area (Å²) in [7, 11) is 2.17. The van der Waals surface area contributed by atoms with E-state index in [4.69, 9.17) is 5.73 Å². The number of likely N-dealkylation sites (tertiary alicyclic amines) is 1. The van der Waals surface area contributed by atoms with E-state index in [1.807, 2.05) is 12.1 Å². The highest BCUT2D eigenvalue weighted by atomic mass is 79.9. The monoisotopic (exact) mass is 338 g/mol. The summed E-state index contributed by atoms with van der Waals surface area (Å²) < 4.78 is 2.62. The van der Waals surface area contributed by atoms with Gasteiger partial charge in [-0.05, 0) is 54.0 Å². The summed E-state index contributed by atoms with van der Waals surface area (Å²) >= 11 is 3.49. The average molecular weight is 339 g/mol. The van der Waals surface area contributed by atoms with E-state index < -0.39 is 0 Å². The summed E-state index contributed by atoms with van der Waals surface area (Å²) in [5.41, 5.74) is 7.29. The zero-order chi connectivity index (χ0) is 14.1. The number of hydrogen-bond acceptors (Lipinski definition) is 5. The van der Waals surface area contributed by atoms with E-state index in [1.54, 1.807) is 4.52 Å². The van der Waals surface area contributed by atoms with Gasteiger partial charge in [-0.1, -0.05) is 0 Å². The van der Waals surface area contributed by atoms with Gasteiger partial charge in [0.2, 0.25) is 0 Å². The summed E-state index contributed by atoms with van der Waals surface area (Å²) in [5.74, 6) is 1.57. The molecule has 1 fully saturated rings. The van der Waals surface area contributed by atoms with Crippen molar-refractivity contribution in [1.82, 2.24) is 19.5 Å². The minimum Gasteiger partial charge on any atom is -0.368 e. The van der Waals surface area contributed by atoms with Crippen LogP contribution in [0.5, 0.6) is 0 Å². The summed E-state index contributed by atoms with van der Waals surface area (Å²) in [6, 6.07) is 3.92. The van der Waals surface area contributed by atoms with Gasteiger partial charge in [-0.2, -0.15) is 0 Å². The molecule has 0 spiro atoms. The molecule has 1 aliphatic rings. The van der Waals surface area contributed by atoms with Crippen molar-refractivity contribution in [3.05, 3.63) is 22.4 Å². The zero-order valence-corrected chi connectivity index (χ0v) is 13.1. The molecule has 0 radical (unpaired) electrons. The van der Waals surface area contributed by atoms with Crippen molar-refractivity contribution >= 4 is 27.4 Å². The zero-order valence-electron chi connectivity index (χ0n) is 11.5. The van der Waals surface area contributed by atoms with E-state index in [0.717, 1.165) is 34.9 Å². The predicted molar refractivity (Wildman–Crippen MR) is 82.7 cm³/mol. The molecule has 3 rings (SSSR count). The molecular formula is C13H19BrN6. The van der Waals surface area contributed by atoms with Gasteiger partial charge in [0.1, 0.15) is 10.4 Å². The smallest absolute Gasteiger partial charge is 0.155 e. The van der Waals surface area contributed by atoms with Crippen LogP contribution in [0.1, 0.15) is 12.1 Å². The van der Waals surface area contributed by atoms with Crippen LogP contribution in [0.2, 0.25) is 0 Å². The predicted octanol–water partition coefficient (Wildman–Crippen LogP) is 1.31. The summed E-state index contributed by atoms with van der Waals surface area (Å²) in [6.07, 6.45) is 1.25. The third-order valence-corrected chi connectivity index (χ3v) is 4.54. The molecule has 20 heavy (non-hydrogen) atoms. The average Bonchev–Trinajstić information content (AvgIpc) is 3.01. The second-order valence-electron chi connectivity index (χ2n) is 5.34. The number of nitrogens with zero attached hydrogens (tertiary/aromatic N) is 4. The van der Waals surface area contributed by atoms with E-state index in [0.29, 0.717) is 12.5 Å². The third kappa shape index (κ3) is 2.65. The summed E-state index contributed by atoms with van der Waals surface area (Å²) in [4.78, 5) is 6.78. The fraction of sp³-hybridized carbons (Fsp3) is 0.538. The molecule has 7 heteroatoms. The molecule has 0 aromatic carbocycles. The van der Waals surface area contributed by atoms with Crippen LogP contribution in [0.4, 0.5) is 5.82 Å². The Morgan fingerprint density at radius 2 is 2.35 bits per heavy atom. The maximum Gasteiger partial charge on any atom is 0.155 e. The number of imidazole rings is 1.